The van der Waals surface area contributed by atoms with E-state index in [2.05, 4.69) is 0 Å². The molecule has 0 heterocycles. The molecule has 2 aromatic carbocycles. The van der Waals surface area contributed by atoms with Crippen molar-refractivity contribution in [2.75, 3.05) is 13.2 Å². The summed E-state index contributed by atoms with van der Waals surface area (Å²) in [7, 11) is 0. The van der Waals surface area contributed by atoms with Crippen LogP contribution < -0.4 is 4.74 Å². The second-order valence-corrected chi connectivity index (χ2v) is 4.29. The number of benzene rings is 2. The maximum atomic E-state index is 12.2. The Morgan fingerprint density at radius 2 is 1.53 bits per heavy atom. The second-order valence-electron chi connectivity index (χ2n) is 4.29. The van der Waals surface area contributed by atoms with Crippen LogP contribution in [0, 0.1) is 6.92 Å². The molecule has 3 heteroatoms. The van der Waals surface area contributed by atoms with Crippen molar-refractivity contribution >= 4 is 5.78 Å². The average Bonchev–Trinajstić information content (AvgIpc) is 2.46. The number of aliphatic hydroxyl groups excluding tert-OH is 1. The molecule has 3 nitrogen and oxygen atoms in total. The van der Waals surface area contributed by atoms with Crippen LogP contribution in [0.25, 0.3) is 0 Å². The number of aliphatic hydroxyl groups is 1. The van der Waals surface area contributed by atoms with Gasteiger partial charge in [-0.1, -0.05) is 29.8 Å². The molecule has 0 amide bonds. The molecule has 0 radical (unpaired) electrons. The number of hydrogen-bond acceptors (Lipinski definition) is 3. The number of rotatable bonds is 5. The molecule has 0 aliphatic rings. The second kappa shape index (κ2) is 6.16. The van der Waals surface area contributed by atoms with E-state index >= 15 is 0 Å². The molecule has 0 aromatic heterocycles. The van der Waals surface area contributed by atoms with Gasteiger partial charge in [0.25, 0.3) is 0 Å². The Labute approximate surface area is 112 Å². The van der Waals surface area contributed by atoms with Gasteiger partial charge in [0.1, 0.15) is 12.4 Å². The zero-order valence-corrected chi connectivity index (χ0v) is 10.8. The van der Waals surface area contributed by atoms with Gasteiger partial charge >= 0.3 is 0 Å². The van der Waals surface area contributed by atoms with Gasteiger partial charge in [0, 0.05) is 11.1 Å². The van der Waals surface area contributed by atoms with Crippen LogP contribution in [0.4, 0.5) is 0 Å². The number of ketones is 1. The summed E-state index contributed by atoms with van der Waals surface area (Å²) in [5.41, 5.74) is 2.43. The topological polar surface area (TPSA) is 46.5 Å². The van der Waals surface area contributed by atoms with Crippen molar-refractivity contribution < 1.29 is 14.6 Å². The fraction of sp³-hybridized carbons (Fsp3) is 0.188. The molecule has 0 saturated heterocycles. The molecule has 0 bridgehead atoms. The first kappa shape index (κ1) is 13.3. The van der Waals surface area contributed by atoms with Crippen LogP contribution in [0.3, 0.4) is 0 Å². The molecule has 0 saturated carbocycles. The van der Waals surface area contributed by atoms with Gasteiger partial charge in [0.15, 0.2) is 5.78 Å². The van der Waals surface area contributed by atoms with Gasteiger partial charge < -0.3 is 9.84 Å². The minimum Gasteiger partial charge on any atom is -0.491 e. The van der Waals surface area contributed by atoms with Gasteiger partial charge in [-0.05, 0) is 31.2 Å². The predicted molar refractivity (Wildman–Crippen MR) is 73.6 cm³/mol. The van der Waals surface area contributed by atoms with Crippen molar-refractivity contribution in [3.05, 3.63) is 65.2 Å². The summed E-state index contributed by atoms with van der Waals surface area (Å²) < 4.78 is 5.25. The van der Waals surface area contributed by atoms with Crippen molar-refractivity contribution in [2.45, 2.75) is 6.92 Å². The first-order valence-corrected chi connectivity index (χ1v) is 6.16. The lowest BCUT2D eigenvalue weighted by atomic mass is 10.0. The van der Waals surface area contributed by atoms with E-state index in [0.29, 0.717) is 16.9 Å². The maximum absolute atomic E-state index is 12.2. The molecule has 98 valence electrons. The lowest BCUT2D eigenvalue weighted by Crippen LogP contribution is -2.03. The van der Waals surface area contributed by atoms with Gasteiger partial charge in [0.05, 0.1) is 6.61 Å². The Kier molecular flexibility index (Phi) is 4.31. The molecule has 0 aliphatic carbocycles. The minimum absolute atomic E-state index is 0.00583. The molecule has 0 aliphatic heterocycles. The van der Waals surface area contributed by atoms with E-state index in [1.54, 1.807) is 24.3 Å². The Morgan fingerprint density at radius 1 is 1.00 bits per heavy atom. The van der Waals surface area contributed by atoms with Crippen molar-refractivity contribution in [2.24, 2.45) is 0 Å². The number of aryl methyl sites for hydroxylation is 1. The highest BCUT2D eigenvalue weighted by molar-refractivity contribution is 6.09. The van der Waals surface area contributed by atoms with Crippen molar-refractivity contribution in [3.8, 4) is 5.75 Å². The molecule has 0 spiro atoms. The zero-order valence-electron chi connectivity index (χ0n) is 10.8. The SMILES string of the molecule is Cc1ccc(C(=O)c2ccc(OCCO)cc2)cc1. The van der Waals surface area contributed by atoms with Gasteiger partial charge in [-0.15, -0.1) is 0 Å². The summed E-state index contributed by atoms with van der Waals surface area (Å²) >= 11 is 0. The third kappa shape index (κ3) is 3.42. The molecular weight excluding hydrogens is 240 g/mol. The van der Waals surface area contributed by atoms with Crippen LogP contribution in [0.5, 0.6) is 5.75 Å². The van der Waals surface area contributed by atoms with Crippen LogP contribution in [0.1, 0.15) is 21.5 Å². The molecule has 0 fully saturated rings. The quantitative estimate of drug-likeness (QED) is 0.836. The molecular formula is C16H16O3. The first-order chi connectivity index (χ1) is 9.20. The van der Waals surface area contributed by atoms with Crippen LogP contribution in [-0.2, 0) is 0 Å². The fourth-order valence-electron chi connectivity index (χ4n) is 1.74. The highest BCUT2D eigenvalue weighted by atomic mass is 16.5. The third-order valence-electron chi connectivity index (χ3n) is 2.79. The average molecular weight is 256 g/mol. The number of ether oxygens (including phenoxy) is 1. The summed E-state index contributed by atoms with van der Waals surface area (Å²) in [5.74, 6) is 0.642. The van der Waals surface area contributed by atoms with E-state index in [0.717, 1.165) is 5.56 Å². The number of carbonyl (C=O) groups is 1. The molecule has 2 rings (SSSR count). The van der Waals surface area contributed by atoms with E-state index in [1.165, 1.54) is 0 Å². The number of carbonyl (C=O) groups excluding carboxylic acids is 1. The Bertz CT molecular complexity index is 541. The lowest BCUT2D eigenvalue weighted by molar-refractivity contribution is 0.103. The standard InChI is InChI=1S/C16H16O3/c1-12-2-4-13(5-3-12)16(18)14-6-8-15(9-7-14)19-11-10-17/h2-9,17H,10-11H2,1H3. The normalized spacial score (nSPS) is 10.2. The molecule has 1 N–H and O–H groups in total. The first-order valence-electron chi connectivity index (χ1n) is 6.16. The van der Waals surface area contributed by atoms with E-state index in [-0.39, 0.29) is 19.0 Å². The molecule has 0 atom stereocenters. The van der Waals surface area contributed by atoms with Gasteiger partial charge in [0.2, 0.25) is 0 Å². The minimum atomic E-state index is -0.0238. The van der Waals surface area contributed by atoms with Crippen LogP contribution in [-0.4, -0.2) is 24.1 Å². The highest BCUT2D eigenvalue weighted by Gasteiger charge is 2.08. The summed E-state index contributed by atoms with van der Waals surface area (Å²) in [6, 6.07) is 14.4. The van der Waals surface area contributed by atoms with E-state index in [1.807, 2.05) is 31.2 Å². The van der Waals surface area contributed by atoms with Crippen molar-refractivity contribution in [1.29, 1.82) is 0 Å². The fourth-order valence-corrected chi connectivity index (χ4v) is 1.74. The largest absolute Gasteiger partial charge is 0.491 e. The Hall–Kier alpha value is -2.13. The smallest absolute Gasteiger partial charge is 0.193 e. The molecule has 19 heavy (non-hydrogen) atoms. The van der Waals surface area contributed by atoms with Crippen LogP contribution in [0.2, 0.25) is 0 Å². The summed E-state index contributed by atoms with van der Waals surface area (Å²) in [5, 5.41) is 8.66. The van der Waals surface area contributed by atoms with E-state index in [4.69, 9.17) is 9.84 Å². The van der Waals surface area contributed by atoms with E-state index < -0.39 is 0 Å². The zero-order chi connectivity index (χ0) is 13.7. The van der Waals surface area contributed by atoms with Gasteiger partial charge in [-0.2, -0.15) is 0 Å². The van der Waals surface area contributed by atoms with Crippen molar-refractivity contribution in [3.63, 3.8) is 0 Å². The molecule has 0 unspecified atom stereocenters. The maximum Gasteiger partial charge on any atom is 0.193 e. The lowest BCUT2D eigenvalue weighted by Gasteiger charge is -2.05. The van der Waals surface area contributed by atoms with E-state index in [9.17, 15) is 4.79 Å². The summed E-state index contributed by atoms with van der Waals surface area (Å²) in [6.07, 6.45) is 0. The Balaban J connectivity index is 2.13. The van der Waals surface area contributed by atoms with Crippen LogP contribution >= 0.6 is 0 Å². The monoisotopic (exact) mass is 256 g/mol. The van der Waals surface area contributed by atoms with Crippen molar-refractivity contribution in [1.82, 2.24) is 0 Å². The highest BCUT2D eigenvalue weighted by Crippen LogP contribution is 2.15. The number of hydrogen-bond donors (Lipinski definition) is 1. The Morgan fingerprint density at radius 3 is 2.05 bits per heavy atom. The van der Waals surface area contributed by atoms with Gasteiger partial charge in [-0.3, -0.25) is 4.79 Å². The molecule has 2 aromatic rings. The van der Waals surface area contributed by atoms with Crippen LogP contribution in [0.15, 0.2) is 48.5 Å². The summed E-state index contributed by atoms with van der Waals surface area (Å²) in [4.78, 5) is 12.2. The van der Waals surface area contributed by atoms with Gasteiger partial charge in [-0.25, -0.2) is 0 Å². The summed E-state index contributed by atoms with van der Waals surface area (Å²) in [6.45, 7) is 2.22. The third-order valence-corrected chi connectivity index (χ3v) is 2.79. The predicted octanol–water partition coefficient (Wildman–Crippen LogP) is 2.60.